The van der Waals surface area contributed by atoms with Gasteiger partial charge in [-0.2, -0.15) is 0 Å². The Labute approximate surface area is 117 Å². The van der Waals surface area contributed by atoms with Crippen molar-refractivity contribution in [2.75, 3.05) is 53.0 Å². The Morgan fingerprint density at radius 3 is 2.42 bits per heavy atom. The molecule has 0 spiro atoms. The van der Waals surface area contributed by atoms with Crippen molar-refractivity contribution in [3.05, 3.63) is 0 Å². The van der Waals surface area contributed by atoms with Gasteiger partial charge in [0, 0.05) is 31.2 Å². The number of nitrogens with zero attached hydrogens (tertiary/aromatic N) is 2. The van der Waals surface area contributed by atoms with Crippen LogP contribution in [0.3, 0.4) is 0 Å². The summed E-state index contributed by atoms with van der Waals surface area (Å²) in [6.07, 6.45) is 4.54. The number of hydrogen-bond donors (Lipinski definition) is 1. The summed E-state index contributed by atoms with van der Waals surface area (Å²) in [5, 5.41) is 9.78. The van der Waals surface area contributed by atoms with Gasteiger partial charge in [-0.15, -0.1) is 0 Å². The molecule has 0 aromatic carbocycles. The van der Waals surface area contributed by atoms with E-state index in [1.165, 1.54) is 32.5 Å². The minimum atomic E-state index is 0.0783. The Bertz CT molecular complexity index is 259. The molecule has 4 nitrogen and oxygen atoms in total. The fourth-order valence-electron chi connectivity index (χ4n) is 3.51. The lowest BCUT2D eigenvalue weighted by molar-refractivity contribution is -0.0398. The van der Waals surface area contributed by atoms with E-state index < -0.39 is 0 Å². The number of aliphatic hydroxyl groups excluding tert-OH is 1. The predicted octanol–water partition coefficient (Wildman–Crippen LogP) is 1.19. The zero-order valence-corrected chi connectivity index (χ0v) is 12.6. The predicted molar refractivity (Wildman–Crippen MR) is 77.3 cm³/mol. The van der Waals surface area contributed by atoms with E-state index in [1.54, 1.807) is 0 Å². The molecule has 0 aliphatic carbocycles. The fourth-order valence-corrected chi connectivity index (χ4v) is 3.51. The summed E-state index contributed by atoms with van der Waals surface area (Å²) < 4.78 is 5.45. The normalized spacial score (nSPS) is 25.9. The molecule has 4 heteroatoms. The van der Waals surface area contributed by atoms with Crippen LogP contribution in [0, 0.1) is 5.41 Å². The molecule has 0 bridgehead atoms. The van der Waals surface area contributed by atoms with E-state index in [2.05, 4.69) is 23.8 Å². The lowest BCUT2D eigenvalue weighted by atomic mass is 9.80. The van der Waals surface area contributed by atoms with Crippen LogP contribution < -0.4 is 0 Å². The Hall–Kier alpha value is -0.160. The fraction of sp³-hybridized carbons (Fsp3) is 1.00. The van der Waals surface area contributed by atoms with E-state index in [9.17, 15) is 5.11 Å². The molecule has 0 atom stereocenters. The Balaban J connectivity index is 1.84. The van der Waals surface area contributed by atoms with Gasteiger partial charge in [0.1, 0.15) is 0 Å². The van der Waals surface area contributed by atoms with Gasteiger partial charge in [0.25, 0.3) is 0 Å². The molecule has 2 rings (SSSR count). The summed E-state index contributed by atoms with van der Waals surface area (Å²) in [5.74, 6) is 0. The SMILES string of the molecule is CCN1CCC(N(C)CC2(CO)CCOCC2)CC1. The third-order valence-corrected chi connectivity index (χ3v) is 5.10. The van der Waals surface area contributed by atoms with E-state index in [0.717, 1.165) is 32.6 Å². The molecule has 2 aliphatic heterocycles. The topological polar surface area (TPSA) is 35.9 Å². The van der Waals surface area contributed by atoms with Crippen LogP contribution in [0.2, 0.25) is 0 Å². The first-order valence-electron chi connectivity index (χ1n) is 7.80. The van der Waals surface area contributed by atoms with Gasteiger partial charge in [0.15, 0.2) is 0 Å². The molecule has 1 N–H and O–H groups in total. The van der Waals surface area contributed by atoms with Crippen LogP contribution in [-0.2, 0) is 4.74 Å². The smallest absolute Gasteiger partial charge is 0.0501 e. The van der Waals surface area contributed by atoms with Crippen LogP contribution >= 0.6 is 0 Å². The molecule has 0 amide bonds. The first kappa shape index (κ1) is 15.2. The molecule has 2 saturated heterocycles. The van der Waals surface area contributed by atoms with E-state index >= 15 is 0 Å². The average Bonchev–Trinajstić information content (AvgIpc) is 2.48. The summed E-state index contributed by atoms with van der Waals surface area (Å²) in [5.41, 5.74) is 0.0783. The van der Waals surface area contributed by atoms with Crippen molar-refractivity contribution in [2.24, 2.45) is 5.41 Å². The van der Waals surface area contributed by atoms with Gasteiger partial charge in [-0.3, -0.25) is 0 Å². The molecule has 19 heavy (non-hydrogen) atoms. The maximum atomic E-state index is 9.78. The number of hydrogen-bond acceptors (Lipinski definition) is 4. The molecular weight excluding hydrogens is 240 g/mol. The van der Waals surface area contributed by atoms with Crippen LogP contribution in [-0.4, -0.2) is 74.0 Å². The molecule has 2 heterocycles. The van der Waals surface area contributed by atoms with Crippen LogP contribution in [0.25, 0.3) is 0 Å². The minimum Gasteiger partial charge on any atom is -0.396 e. The van der Waals surface area contributed by atoms with Crippen molar-refractivity contribution in [1.29, 1.82) is 0 Å². The Kier molecular flexibility index (Phi) is 5.63. The number of rotatable bonds is 5. The molecule has 0 aromatic heterocycles. The molecule has 2 aliphatic rings. The molecule has 0 aromatic rings. The minimum absolute atomic E-state index is 0.0783. The number of aliphatic hydroxyl groups is 1. The maximum absolute atomic E-state index is 9.78. The standard InChI is InChI=1S/C15H30N2O2/c1-3-17-8-4-14(5-9-17)16(2)12-15(13-18)6-10-19-11-7-15/h14,18H,3-13H2,1-2H3. The second-order valence-corrected chi connectivity index (χ2v) is 6.35. The van der Waals surface area contributed by atoms with E-state index in [1.807, 2.05) is 0 Å². The van der Waals surface area contributed by atoms with Crippen molar-refractivity contribution in [3.8, 4) is 0 Å². The number of likely N-dealkylation sites (tertiary alicyclic amines) is 1. The van der Waals surface area contributed by atoms with Crippen LogP contribution in [0.5, 0.6) is 0 Å². The zero-order chi connectivity index (χ0) is 13.7. The van der Waals surface area contributed by atoms with Crippen molar-refractivity contribution in [1.82, 2.24) is 9.80 Å². The molecular formula is C15H30N2O2. The van der Waals surface area contributed by atoms with Gasteiger partial charge in [0.05, 0.1) is 6.61 Å². The van der Waals surface area contributed by atoms with Crippen molar-refractivity contribution in [2.45, 2.75) is 38.6 Å². The first-order chi connectivity index (χ1) is 9.19. The summed E-state index contributed by atoms with van der Waals surface area (Å²) in [7, 11) is 2.24. The maximum Gasteiger partial charge on any atom is 0.0501 e. The summed E-state index contributed by atoms with van der Waals surface area (Å²) in [6, 6.07) is 0.689. The van der Waals surface area contributed by atoms with Crippen molar-refractivity contribution < 1.29 is 9.84 Å². The molecule has 0 radical (unpaired) electrons. The quantitative estimate of drug-likeness (QED) is 0.814. The van der Waals surface area contributed by atoms with Gasteiger partial charge in [0.2, 0.25) is 0 Å². The lowest BCUT2D eigenvalue weighted by Crippen LogP contribution is -2.49. The molecule has 0 saturated carbocycles. The second-order valence-electron chi connectivity index (χ2n) is 6.35. The van der Waals surface area contributed by atoms with E-state index in [-0.39, 0.29) is 5.41 Å². The first-order valence-corrected chi connectivity index (χ1v) is 7.80. The van der Waals surface area contributed by atoms with Crippen molar-refractivity contribution >= 4 is 0 Å². The average molecular weight is 270 g/mol. The largest absolute Gasteiger partial charge is 0.396 e. The second kappa shape index (κ2) is 7.02. The van der Waals surface area contributed by atoms with Gasteiger partial charge < -0.3 is 19.6 Å². The van der Waals surface area contributed by atoms with Crippen molar-refractivity contribution in [3.63, 3.8) is 0 Å². The highest BCUT2D eigenvalue weighted by Crippen LogP contribution is 2.32. The highest BCUT2D eigenvalue weighted by molar-refractivity contribution is 4.87. The number of piperidine rings is 1. The Morgan fingerprint density at radius 2 is 1.89 bits per heavy atom. The third kappa shape index (κ3) is 3.91. The zero-order valence-electron chi connectivity index (χ0n) is 12.6. The van der Waals surface area contributed by atoms with Crippen LogP contribution in [0.4, 0.5) is 0 Å². The van der Waals surface area contributed by atoms with Gasteiger partial charge in [-0.1, -0.05) is 6.92 Å². The molecule has 0 unspecified atom stereocenters. The van der Waals surface area contributed by atoms with E-state index in [4.69, 9.17) is 4.74 Å². The number of ether oxygens (including phenoxy) is 1. The van der Waals surface area contributed by atoms with Gasteiger partial charge >= 0.3 is 0 Å². The van der Waals surface area contributed by atoms with Gasteiger partial charge in [-0.05, 0) is 52.4 Å². The van der Waals surface area contributed by atoms with E-state index in [0.29, 0.717) is 12.6 Å². The monoisotopic (exact) mass is 270 g/mol. The van der Waals surface area contributed by atoms with Crippen LogP contribution in [0.15, 0.2) is 0 Å². The highest BCUT2D eigenvalue weighted by Gasteiger charge is 2.35. The van der Waals surface area contributed by atoms with Crippen LogP contribution in [0.1, 0.15) is 32.6 Å². The lowest BCUT2D eigenvalue weighted by Gasteiger charge is -2.43. The summed E-state index contributed by atoms with van der Waals surface area (Å²) in [4.78, 5) is 5.02. The summed E-state index contributed by atoms with van der Waals surface area (Å²) >= 11 is 0. The van der Waals surface area contributed by atoms with Gasteiger partial charge in [-0.25, -0.2) is 0 Å². The highest BCUT2D eigenvalue weighted by atomic mass is 16.5. The third-order valence-electron chi connectivity index (χ3n) is 5.10. The summed E-state index contributed by atoms with van der Waals surface area (Å²) in [6.45, 7) is 8.80. The molecule has 112 valence electrons. The Morgan fingerprint density at radius 1 is 1.26 bits per heavy atom. The molecule has 2 fully saturated rings.